The van der Waals surface area contributed by atoms with Gasteiger partial charge >= 0.3 is 6.09 Å². The molecule has 33 heavy (non-hydrogen) atoms. The third kappa shape index (κ3) is 5.47. The van der Waals surface area contributed by atoms with Crippen LogP contribution in [0.5, 0.6) is 0 Å². The Kier molecular flexibility index (Phi) is 6.60. The molecule has 0 saturated carbocycles. The van der Waals surface area contributed by atoms with E-state index in [1.807, 2.05) is 25.7 Å². The van der Waals surface area contributed by atoms with Crippen molar-refractivity contribution in [1.29, 1.82) is 0 Å². The SMILES string of the molecule is Cc1ccc(C)c(-c2cccc([C@H]3CN(C(=O)OC(C)(C)C)CC[C@H]3c3ccccc3)c2)c1. The summed E-state index contributed by atoms with van der Waals surface area (Å²) in [7, 11) is 0. The van der Waals surface area contributed by atoms with Gasteiger partial charge in [-0.25, -0.2) is 4.79 Å². The third-order valence-electron chi connectivity index (χ3n) is 6.51. The Morgan fingerprint density at radius 2 is 1.61 bits per heavy atom. The molecule has 3 aromatic rings. The fourth-order valence-corrected chi connectivity index (χ4v) is 4.86. The molecule has 1 saturated heterocycles. The van der Waals surface area contributed by atoms with Crippen molar-refractivity contribution < 1.29 is 9.53 Å². The molecular weight excluding hydrogens is 406 g/mol. The van der Waals surface area contributed by atoms with E-state index >= 15 is 0 Å². The monoisotopic (exact) mass is 441 g/mol. The number of ether oxygens (including phenoxy) is 1. The van der Waals surface area contributed by atoms with Crippen molar-refractivity contribution in [3.8, 4) is 11.1 Å². The van der Waals surface area contributed by atoms with Crippen LogP contribution in [0.3, 0.4) is 0 Å². The van der Waals surface area contributed by atoms with Gasteiger partial charge in [0.05, 0.1) is 0 Å². The maximum atomic E-state index is 12.9. The first-order chi connectivity index (χ1) is 15.7. The molecule has 0 N–H and O–H groups in total. The van der Waals surface area contributed by atoms with Gasteiger partial charge in [-0.3, -0.25) is 0 Å². The molecule has 3 nitrogen and oxygen atoms in total. The second kappa shape index (κ2) is 9.43. The van der Waals surface area contributed by atoms with Gasteiger partial charge in [0.2, 0.25) is 0 Å². The number of aryl methyl sites for hydroxylation is 2. The Morgan fingerprint density at radius 1 is 0.879 bits per heavy atom. The topological polar surface area (TPSA) is 29.5 Å². The number of hydrogen-bond donors (Lipinski definition) is 0. The van der Waals surface area contributed by atoms with E-state index in [1.54, 1.807) is 0 Å². The van der Waals surface area contributed by atoms with Crippen LogP contribution >= 0.6 is 0 Å². The zero-order valence-electron chi connectivity index (χ0n) is 20.5. The molecule has 172 valence electrons. The first-order valence-electron chi connectivity index (χ1n) is 11.9. The minimum absolute atomic E-state index is 0.207. The van der Waals surface area contributed by atoms with Gasteiger partial charge in [0, 0.05) is 19.0 Å². The number of carbonyl (C=O) groups is 1. The summed E-state index contributed by atoms with van der Waals surface area (Å²) in [6, 6.07) is 26.2. The maximum absolute atomic E-state index is 12.9. The van der Waals surface area contributed by atoms with Gasteiger partial charge in [-0.1, -0.05) is 78.4 Å². The lowest BCUT2D eigenvalue weighted by molar-refractivity contribution is 0.0184. The Morgan fingerprint density at radius 3 is 2.33 bits per heavy atom. The Labute approximate surface area is 198 Å². The molecule has 1 amide bonds. The Balaban J connectivity index is 1.70. The van der Waals surface area contributed by atoms with Crippen LogP contribution < -0.4 is 0 Å². The van der Waals surface area contributed by atoms with Gasteiger partial charge in [-0.2, -0.15) is 0 Å². The summed E-state index contributed by atoms with van der Waals surface area (Å²) in [6.45, 7) is 11.4. The highest BCUT2D eigenvalue weighted by Crippen LogP contribution is 2.41. The first kappa shape index (κ1) is 23.1. The molecule has 0 bridgehead atoms. The quantitative estimate of drug-likeness (QED) is 0.422. The summed E-state index contributed by atoms with van der Waals surface area (Å²) >= 11 is 0. The van der Waals surface area contributed by atoms with E-state index in [4.69, 9.17) is 4.74 Å². The smallest absolute Gasteiger partial charge is 0.410 e. The summed E-state index contributed by atoms with van der Waals surface area (Å²) in [6.07, 6.45) is 0.700. The molecule has 3 heteroatoms. The minimum Gasteiger partial charge on any atom is -0.444 e. The summed E-state index contributed by atoms with van der Waals surface area (Å²) in [4.78, 5) is 14.8. The maximum Gasteiger partial charge on any atom is 0.410 e. The van der Waals surface area contributed by atoms with Crippen LogP contribution in [0.1, 0.15) is 61.3 Å². The molecule has 0 aromatic heterocycles. The zero-order valence-corrected chi connectivity index (χ0v) is 20.5. The number of piperidine rings is 1. The van der Waals surface area contributed by atoms with E-state index in [0.29, 0.717) is 19.0 Å². The first-order valence-corrected chi connectivity index (χ1v) is 11.9. The van der Waals surface area contributed by atoms with Crippen LogP contribution in [0.15, 0.2) is 72.8 Å². The van der Waals surface area contributed by atoms with Crippen LogP contribution in [0.2, 0.25) is 0 Å². The van der Waals surface area contributed by atoms with Gasteiger partial charge < -0.3 is 9.64 Å². The highest BCUT2D eigenvalue weighted by atomic mass is 16.6. The van der Waals surface area contributed by atoms with E-state index in [1.165, 1.54) is 33.4 Å². The fourth-order valence-electron chi connectivity index (χ4n) is 4.86. The molecule has 3 aromatic carbocycles. The normalized spacial score (nSPS) is 18.8. The number of benzene rings is 3. The number of likely N-dealkylation sites (tertiary alicyclic amines) is 1. The molecule has 4 rings (SSSR count). The highest BCUT2D eigenvalue weighted by molar-refractivity contribution is 5.70. The van der Waals surface area contributed by atoms with E-state index < -0.39 is 5.60 Å². The van der Waals surface area contributed by atoms with Crippen molar-refractivity contribution in [3.05, 3.63) is 95.1 Å². The Hall–Kier alpha value is -3.07. The summed E-state index contributed by atoms with van der Waals surface area (Å²) in [5, 5.41) is 0. The lowest BCUT2D eigenvalue weighted by atomic mass is 9.76. The number of amides is 1. The lowest BCUT2D eigenvalue weighted by Gasteiger charge is -2.39. The molecule has 0 spiro atoms. The average Bonchev–Trinajstić information content (AvgIpc) is 2.80. The summed E-state index contributed by atoms with van der Waals surface area (Å²) in [5.41, 5.74) is 7.15. The van der Waals surface area contributed by atoms with Gasteiger partial charge in [0.1, 0.15) is 5.60 Å². The molecule has 0 unspecified atom stereocenters. The average molecular weight is 442 g/mol. The number of hydrogen-bond acceptors (Lipinski definition) is 2. The second-order valence-corrected chi connectivity index (χ2v) is 10.3. The predicted octanol–water partition coefficient (Wildman–Crippen LogP) is 7.48. The highest BCUT2D eigenvalue weighted by Gasteiger charge is 2.35. The van der Waals surface area contributed by atoms with E-state index in [2.05, 4.69) is 86.6 Å². The van der Waals surface area contributed by atoms with E-state index in [0.717, 1.165) is 6.42 Å². The molecule has 1 heterocycles. The van der Waals surface area contributed by atoms with Crippen LogP contribution in [0, 0.1) is 13.8 Å². The molecule has 0 radical (unpaired) electrons. The van der Waals surface area contributed by atoms with Crippen molar-refractivity contribution in [3.63, 3.8) is 0 Å². The summed E-state index contributed by atoms with van der Waals surface area (Å²) < 4.78 is 5.71. The van der Waals surface area contributed by atoms with Gasteiger partial charge in [-0.05, 0) is 74.8 Å². The molecular formula is C30H35NO2. The number of rotatable bonds is 3. The number of carbonyl (C=O) groups excluding carboxylic acids is 1. The fraction of sp³-hybridized carbons (Fsp3) is 0.367. The van der Waals surface area contributed by atoms with Crippen molar-refractivity contribution in [2.24, 2.45) is 0 Å². The van der Waals surface area contributed by atoms with Gasteiger partial charge in [0.25, 0.3) is 0 Å². The standard InChI is InChI=1S/C30H35NO2/c1-21-14-15-22(2)27(18-21)24-12-9-13-25(19-24)28-20-31(29(32)33-30(3,4)5)17-16-26(28)23-10-7-6-8-11-23/h6-15,18-19,26,28H,16-17,20H2,1-5H3/t26-,28+/m0/s1. The van der Waals surface area contributed by atoms with Crippen LogP contribution in [-0.2, 0) is 4.74 Å². The van der Waals surface area contributed by atoms with E-state index in [-0.39, 0.29) is 12.0 Å². The number of nitrogens with zero attached hydrogens (tertiary/aromatic N) is 1. The van der Waals surface area contributed by atoms with Crippen LogP contribution in [0.4, 0.5) is 4.79 Å². The molecule has 0 aliphatic carbocycles. The van der Waals surface area contributed by atoms with Gasteiger partial charge in [0.15, 0.2) is 0 Å². The third-order valence-corrected chi connectivity index (χ3v) is 6.51. The Bertz CT molecular complexity index is 1110. The van der Waals surface area contributed by atoms with Gasteiger partial charge in [-0.15, -0.1) is 0 Å². The lowest BCUT2D eigenvalue weighted by Crippen LogP contribution is -2.44. The second-order valence-electron chi connectivity index (χ2n) is 10.3. The minimum atomic E-state index is -0.495. The van der Waals surface area contributed by atoms with Crippen molar-refractivity contribution in [2.75, 3.05) is 13.1 Å². The van der Waals surface area contributed by atoms with Crippen molar-refractivity contribution >= 4 is 6.09 Å². The molecule has 1 aliphatic heterocycles. The molecule has 1 aliphatic rings. The van der Waals surface area contributed by atoms with E-state index in [9.17, 15) is 4.79 Å². The van der Waals surface area contributed by atoms with Crippen molar-refractivity contribution in [2.45, 2.75) is 58.5 Å². The van der Waals surface area contributed by atoms with Crippen LogP contribution in [-0.4, -0.2) is 29.7 Å². The molecule has 2 atom stereocenters. The zero-order chi connectivity index (χ0) is 23.6. The molecule has 1 fully saturated rings. The largest absolute Gasteiger partial charge is 0.444 e. The van der Waals surface area contributed by atoms with Crippen molar-refractivity contribution in [1.82, 2.24) is 4.90 Å². The van der Waals surface area contributed by atoms with Crippen LogP contribution in [0.25, 0.3) is 11.1 Å². The predicted molar refractivity (Wildman–Crippen MR) is 136 cm³/mol. The summed E-state index contributed by atoms with van der Waals surface area (Å²) in [5.74, 6) is 0.567.